The molecule has 0 N–H and O–H groups in total. The lowest BCUT2D eigenvalue weighted by Gasteiger charge is -2.19. The van der Waals surface area contributed by atoms with E-state index in [2.05, 4.69) is 0 Å². The number of hydrogen-bond donors (Lipinski definition) is 0. The van der Waals surface area contributed by atoms with E-state index in [0.29, 0.717) is 28.6 Å². The molecule has 1 atom stereocenters. The Kier molecular flexibility index (Phi) is 5.31. The van der Waals surface area contributed by atoms with E-state index in [9.17, 15) is 9.59 Å². The first-order chi connectivity index (χ1) is 13.0. The van der Waals surface area contributed by atoms with E-state index in [1.165, 1.54) is 17.9 Å². The first-order valence-electron chi connectivity index (χ1n) is 8.92. The van der Waals surface area contributed by atoms with Gasteiger partial charge in [-0.2, -0.15) is 0 Å². The van der Waals surface area contributed by atoms with Crippen LogP contribution in [0.3, 0.4) is 0 Å². The second-order valence-electron chi connectivity index (χ2n) is 6.54. The van der Waals surface area contributed by atoms with Gasteiger partial charge < -0.3 is 9.47 Å². The maximum Gasteiger partial charge on any atom is 0.340 e. The molecule has 27 heavy (non-hydrogen) atoms. The molecule has 1 heterocycles. The molecule has 5 nitrogen and oxygen atoms in total. The van der Waals surface area contributed by atoms with Crippen LogP contribution in [0.25, 0.3) is 10.9 Å². The predicted molar refractivity (Wildman–Crippen MR) is 105 cm³/mol. The number of rotatable bonds is 5. The van der Waals surface area contributed by atoms with Crippen LogP contribution < -0.4 is 4.74 Å². The highest BCUT2D eigenvalue weighted by molar-refractivity contribution is 6.07. The van der Waals surface area contributed by atoms with Crippen molar-refractivity contribution in [1.29, 1.82) is 0 Å². The number of para-hydroxylation sites is 1. The summed E-state index contributed by atoms with van der Waals surface area (Å²) in [5.74, 6) is 0.00542. The molecule has 0 aliphatic carbocycles. The molecule has 2 aromatic carbocycles. The van der Waals surface area contributed by atoms with Crippen LogP contribution >= 0.6 is 0 Å². The van der Waals surface area contributed by atoms with Gasteiger partial charge in [-0.1, -0.05) is 37.3 Å². The van der Waals surface area contributed by atoms with Crippen molar-refractivity contribution in [3.8, 4) is 5.75 Å². The van der Waals surface area contributed by atoms with Gasteiger partial charge in [0.25, 0.3) is 5.91 Å². The van der Waals surface area contributed by atoms with Gasteiger partial charge in [-0.15, -0.1) is 0 Å². The first kappa shape index (κ1) is 18.7. The molecule has 5 heteroatoms. The van der Waals surface area contributed by atoms with Gasteiger partial charge in [0.1, 0.15) is 5.75 Å². The Morgan fingerprint density at radius 2 is 1.85 bits per heavy atom. The molecule has 0 bridgehead atoms. The van der Waals surface area contributed by atoms with Gasteiger partial charge in [-0.05, 0) is 43.5 Å². The highest BCUT2D eigenvalue weighted by Crippen LogP contribution is 2.25. The Morgan fingerprint density at radius 3 is 2.56 bits per heavy atom. The van der Waals surface area contributed by atoms with Crippen LogP contribution in [-0.2, 0) is 4.74 Å². The molecular weight excluding hydrogens is 342 g/mol. The Morgan fingerprint density at radius 1 is 1.11 bits per heavy atom. The lowest BCUT2D eigenvalue weighted by atomic mass is 10.1. The molecule has 0 amide bonds. The SMILES string of the molecule is CC[C@H](Oc1cc(C)ccc1C)C(=O)n1cc(C(=O)OC)c2ccccc21. The minimum Gasteiger partial charge on any atom is -0.480 e. The number of esters is 1. The van der Waals surface area contributed by atoms with Crippen molar-refractivity contribution in [3.63, 3.8) is 0 Å². The van der Waals surface area contributed by atoms with Gasteiger partial charge in [0.2, 0.25) is 0 Å². The molecular formula is C22H23NO4. The summed E-state index contributed by atoms with van der Waals surface area (Å²) in [5.41, 5.74) is 3.06. The standard InChI is InChI=1S/C22H23NO4/c1-5-19(27-20-12-14(2)10-11-15(20)3)21(24)23-13-17(22(25)26-4)16-8-6-7-9-18(16)23/h6-13,19H,5H2,1-4H3/t19-/m0/s1. The van der Waals surface area contributed by atoms with E-state index in [4.69, 9.17) is 9.47 Å². The van der Waals surface area contributed by atoms with Gasteiger partial charge in [0, 0.05) is 11.6 Å². The van der Waals surface area contributed by atoms with Gasteiger partial charge in [0.05, 0.1) is 18.2 Å². The molecule has 0 saturated carbocycles. The summed E-state index contributed by atoms with van der Waals surface area (Å²) in [5, 5.41) is 0.680. The Labute approximate surface area is 158 Å². The second kappa shape index (κ2) is 7.66. The molecule has 0 fully saturated rings. The molecule has 1 aromatic heterocycles. The number of nitrogens with zero attached hydrogens (tertiary/aromatic N) is 1. The molecule has 3 aromatic rings. The van der Waals surface area contributed by atoms with Crippen LogP contribution in [0.2, 0.25) is 0 Å². The Balaban J connectivity index is 2.01. The highest BCUT2D eigenvalue weighted by atomic mass is 16.5. The van der Waals surface area contributed by atoms with Crippen LogP contribution in [0.4, 0.5) is 0 Å². The molecule has 0 radical (unpaired) electrons. The van der Waals surface area contributed by atoms with Crippen LogP contribution in [0, 0.1) is 13.8 Å². The molecule has 0 aliphatic rings. The van der Waals surface area contributed by atoms with E-state index in [1.807, 2.05) is 57.2 Å². The summed E-state index contributed by atoms with van der Waals surface area (Å²) in [7, 11) is 1.33. The maximum atomic E-state index is 13.2. The van der Waals surface area contributed by atoms with Crippen molar-refractivity contribution < 1.29 is 19.1 Å². The quantitative estimate of drug-likeness (QED) is 0.623. The molecule has 0 aliphatic heterocycles. The zero-order valence-corrected chi connectivity index (χ0v) is 16.0. The first-order valence-corrected chi connectivity index (χ1v) is 8.92. The summed E-state index contributed by atoms with van der Waals surface area (Å²) in [6.07, 6.45) is 1.38. The second-order valence-corrected chi connectivity index (χ2v) is 6.54. The third-order valence-corrected chi connectivity index (χ3v) is 4.61. The number of aromatic nitrogens is 1. The fourth-order valence-electron chi connectivity index (χ4n) is 3.09. The minimum atomic E-state index is -0.660. The van der Waals surface area contributed by atoms with Gasteiger partial charge in [0.15, 0.2) is 6.10 Å². The molecule has 0 spiro atoms. The molecule has 140 valence electrons. The van der Waals surface area contributed by atoms with Crippen LogP contribution in [0.1, 0.15) is 39.6 Å². The van der Waals surface area contributed by atoms with Crippen molar-refractivity contribution in [2.45, 2.75) is 33.3 Å². The van der Waals surface area contributed by atoms with Crippen molar-refractivity contribution in [2.24, 2.45) is 0 Å². The number of ether oxygens (including phenoxy) is 2. The third kappa shape index (κ3) is 3.58. The van der Waals surface area contributed by atoms with Gasteiger partial charge in [-0.25, -0.2) is 4.79 Å². The summed E-state index contributed by atoms with van der Waals surface area (Å²) >= 11 is 0. The van der Waals surface area contributed by atoms with E-state index in [-0.39, 0.29) is 5.91 Å². The predicted octanol–water partition coefficient (Wildman–Crippen LogP) is 4.54. The topological polar surface area (TPSA) is 57.5 Å². The summed E-state index contributed by atoms with van der Waals surface area (Å²) in [4.78, 5) is 25.3. The highest BCUT2D eigenvalue weighted by Gasteiger charge is 2.25. The average Bonchev–Trinajstić information content (AvgIpc) is 3.07. The largest absolute Gasteiger partial charge is 0.480 e. The summed E-state index contributed by atoms with van der Waals surface area (Å²) in [6.45, 7) is 5.84. The molecule has 0 unspecified atom stereocenters. The van der Waals surface area contributed by atoms with E-state index in [0.717, 1.165) is 11.1 Å². The lowest BCUT2D eigenvalue weighted by molar-refractivity contribution is 0.0602. The molecule has 3 rings (SSSR count). The van der Waals surface area contributed by atoms with Crippen molar-refractivity contribution in [3.05, 3.63) is 65.4 Å². The zero-order valence-electron chi connectivity index (χ0n) is 16.0. The Bertz CT molecular complexity index is 1000. The number of aryl methyl sites for hydroxylation is 2. The van der Waals surface area contributed by atoms with Crippen molar-refractivity contribution in [1.82, 2.24) is 4.57 Å². The number of benzene rings is 2. The number of carbonyl (C=O) groups is 2. The van der Waals surface area contributed by atoms with Crippen LogP contribution in [0.15, 0.2) is 48.7 Å². The van der Waals surface area contributed by atoms with Crippen molar-refractivity contribution >= 4 is 22.8 Å². The maximum absolute atomic E-state index is 13.2. The fourth-order valence-corrected chi connectivity index (χ4v) is 3.09. The fraction of sp³-hybridized carbons (Fsp3) is 0.273. The summed E-state index contributed by atoms with van der Waals surface area (Å²) in [6, 6.07) is 13.2. The smallest absolute Gasteiger partial charge is 0.340 e. The number of methoxy groups -OCH3 is 1. The van der Waals surface area contributed by atoms with Gasteiger partial charge >= 0.3 is 5.97 Å². The lowest BCUT2D eigenvalue weighted by Crippen LogP contribution is -2.31. The van der Waals surface area contributed by atoms with E-state index >= 15 is 0 Å². The van der Waals surface area contributed by atoms with E-state index < -0.39 is 12.1 Å². The normalized spacial score (nSPS) is 12.0. The van der Waals surface area contributed by atoms with E-state index in [1.54, 1.807) is 6.07 Å². The zero-order chi connectivity index (χ0) is 19.6. The number of hydrogen-bond acceptors (Lipinski definition) is 4. The minimum absolute atomic E-state index is 0.218. The van der Waals surface area contributed by atoms with Gasteiger partial charge in [-0.3, -0.25) is 9.36 Å². The summed E-state index contributed by atoms with van der Waals surface area (Å²) < 4.78 is 12.4. The van der Waals surface area contributed by atoms with Crippen LogP contribution in [-0.4, -0.2) is 29.7 Å². The molecule has 0 saturated heterocycles. The third-order valence-electron chi connectivity index (χ3n) is 4.61. The van der Waals surface area contributed by atoms with Crippen molar-refractivity contribution in [2.75, 3.05) is 7.11 Å². The number of fused-ring (bicyclic) bond motifs is 1. The Hall–Kier alpha value is -3.08. The monoisotopic (exact) mass is 365 g/mol. The number of carbonyl (C=O) groups excluding carboxylic acids is 2. The average molecular weight is 365 g/mol. The van der Waals surface area contributed by atoms with Crippen LogP contribution in [0.5, 0.6) is 5.75 Å².